The van der Waals surface area contributed by atoms with E-state index < -0.39 is 66.1 Å². The molecule has 0 bridgehead atoms. The first-order chi connectivity index (χ1) is 16.9. The Kier molecular flexibility index (Phi) is 13.0. The number of aromatic amines is 1. The van der Waals surface area contributed by atoms with E-state index in [1.165, 1.54) is 24.3 Å². The van der Waals surface area contributed by atoms with Crippen LogP contribution in [-0.2, 0) is 35.2 Å². The number of hydrogen-bond acceptors (Lipinski definition) is 9. The lowest BCUT2D eigenvalue weighted by atomic mass is 10.1. The number of nitrogens with zero attached hydrogens (tertiary/aromatic N) is 1. The number of nitrogens with one attached hydrogen (secondary N) is 4. The molecule has 0 saturated heterocycles. The molecule has 0 fully saturated rings. The van der Waals surface area contributed by atoms with Crippen molar-refractivity contribution < 1.29 is 33.9 Å². The second kappa shape index (κ2) is 15.4. The highest BCUT2D eigenvalue weighted by atomic mass is 32.2. The molecule has 5 amide bonds. The lowest BCUT2D eigenvalue weighted by Gasteiger charge is -2.24. The molecule has 1 aromatic rings. The number of carboxylic acid groups (broad SMARTS) is 1. The third-order valence-electron chi connectivity index (χ3n) is 4.91. The van der Waals surface area contributed by atoms with Gasteiger partial charge in [-0.15, -0.1) is 0 Å². The number of primary amides is 2. The van der Waals surface area contributed by atoms with Crippen LogP contribution in [-0.4, -0.2) is 86.8 Å². The van der Waals surface area contributed by atoms with E-state index in [2.05, 4.69) is 25.9 Å². The Labute approximate surface area is 211 Å². The van der Waals surface area contributed by atoms with Crippen LogP contribution in [0.4, 0.5) is 0 Å². The zero-order valence-corrected chi connectivity index (χ0v) is 20.5. The van der Waals surface area contributed by atoms with Crippen molar-refractivity contribution in [1.29, 1.82) is 0 Å². The van der Waals surface area contributed by atoms with Crippen LogP contribution in [0.25, 0.3) is 0 Å². The maximum Gasteiger partial charge on any atom is 0.326 e. The van der Waals surface area contributed by atoms with Gasteiger partial charge in [-0.05, 0) is 24.9 Å². The summed E-state index contributed by atoms with van der Waals surface area (Å²) in [4.78, 5) is 79.0. The molecule has 15 nitrogen and oxygen atoms in total. The number of carbonyl (C=O) groups excluding carboxylic acids is 5. The van der Waals surface area contributed by atoms with Crippen molar-refractivity contribution >= 4 is 47.3 Å². The number of aromatic nitrogens is 2. The van der Waals surface area contributed by atoms with Gasteiger partial charge in [0.2, 0.25) is 29.5 Å². The molecule has 16 heteroatoms. The fraction of sp³-hybridized carbons (Fsp3) is 0.550. The number of hydrogen-bond donors (Lipinski definition) is 8. The van der Waals surface area contributed by atoms with E-state index in [0.29, 0.717) is 17.9 Å². The summed E-state index contributed by atoms with van der Waals surface area (Å²) >= 11 is 1.47. The summed E-state index contributed by atoms with van der Waals surface area (Å²) in [6.45, 7) is 0. The molecule has 1 heterocycles. The van der Waals surface area contributed by atoms with Crippen LogP contribution >= 0.6 is 11.8 Å². The summed E-state index contributed by atoms with van der Waals surface area (Å²) in [5.74, 6) is -5.01. The van der Waals surface area contributed by atoms with Gasteiger partial charge in [-0.1, -0.05) is 0 Å². The van der Waals surface area contributed by atoms with Crippen LogP contribution in [0.5, 0.6) is 0 Å². The minimum Gasteiger partial charge on any atom is -0.480 e. The van der Waals surface area contributed by atoms with Crippen molar-refractivity contribution in [3.8, 4) is 0 Å². The van der Waals surface area contributed by atoms with Gasteiger partial charge in [-0.25, -0.2) is 9.78 Å². The van der Waals surface area contributed by atoms with E-state index in [1.54, 1.807) is 0 Å². The molecule has 36 heavy (non-hydrogen) atoms. The second-order valence-electron chi connectivity index (χ2n) is 7.87. The Morgan fingerprint density at radius 3 is 2.11 bits per heavy atom. The van der Waals surface area contributed by atoms with Crippen molar-refractivity contribution in [2.24, 2.45) is 17.2 Å². The first-order valence-electron chi connectivity index (χ1n) is 10.9. The Morgan fingerprint density at radius 1 is 0.972 bits per heavy atom. The Morgan fingerprint density at radius 2 is 1.58 bits per heavy atom. The van der Waals surface area contributed by atoms with Crippen molar-refractivity contribution in [2.75, 3.05) is 12.0 Å². The topological polar surface area (TPSA) is 265 Å². The SMILES string of the molecule is CSCCC(N)C(=O)NC(CC(N)=O)C(=O)NC(CCC(N)=O)C(=O)NC(Cc1cnc[nH]1)C(=O)O. The second-order valence-corrected chi connectivity index (χ2v) is 8.85. The molecular weight excluding hydrogens is 496 g/mol. The van der Waals surface area contributed by atoms with Crippen LogP contribution in [0.1, 0.15) is 31.4 Å². The molecule has 0 spiro atoms. The Hall–Kier alpha value is -3.66. The van der Waals surface area contributed by atoms with E-state index in [0.717, 1.165) is 0 Å². The molecule has 200 valence electrons. The quantitative estimate of drug-likeness (QED) is 0.0998. The molecule has 0 saturated carbocycles. The number of H-pyrrole nitrogens is 1. The first kappa shape index (κ1) is 30.4. The monoisotopic (exact) mass is 528 g/mol. The Bertz CT molecular complexity index is 927. The van der Waals surface area contributed by atoms with Crippen LogP contribution in [0.15, 0.2) is 12.5 Å². The summed E-state index contributed by atoms with van der Waals surface area (Å²) in [5.41, 5.74) is 16.6. The van der Waals surface area contributed by atoms with Crippen molar-refractivity contribution in [3.05, 3.63) is 18.2 Å². The highest BCUT2D eigenvalue weighted by Gasteiger charge is 2.31. The van der Waals surface area contributed by atoms with Crippen molar-refractivity contribution in [2.45, 2.75) is 56.3 Å². The van der Waals surface area contributed by atoms with E-state index in [9.17, 15) is 33.9 Å². The molecule has 0 aliphatic carbocycles. The summed E-state index contributed by atoms with van der Waals surface area (Å²) in [6.07, 6.45) is 3.56. The van der Waals surface area contributed by atoms with E-state index in [4.69, 9.17) is 17.2 Å². The summed E-state index contributed by atoms with van der Waals surface area (Å²) in [7, 11) is 0. The van der Waals surface area contributed by atoms with Gasteiger partial charge in [0.15, 0.2) is 0 Å². The summed E-state index contributed by atoms with van der Waals surface area (Å²) in [5, 5.41) is 16.4. The van der Waals surface area contributed by atoms with Gasteiger partial charge in [0.1, 0.15) is 18.1 Å². The zero-order chi connectivity index (χ0) is 27.3. The van der Waals surface area contributed by atoms with Crippen LogP contribution in [0.2, 0.25) is 0 Å². The molecule has 4 atom stereocenters. The van der Waals surface area contributed by atoms with E-state index in [1.807, 2.05) is 6.26 Å². The zero-order valence-electron chi connectivity index (χ0n) is 19.7. The van der Waals surface area contributed by atoms with E-state index in [-0.39, 0.29) is 19.3 Å². The first-order valence-corrected chi connectivity index (χ1v) is 12.3. The number of amides is 5. The maximum absolute atomic E-state index is 12.9. The lowest BCUT2D eigenvalue weighted by Crippen LogP contribution is -2.58. The third-order valence-corrected chi connectivity index (χ3v) is 5.56. The highest BCUT2D eigenvalue weighted by Crippen LogP contribution is 2.05. The van der Waals surface area contributed by atoms with E-state index >= 15 is 0 Å². The number of aliphatic carboxylic acids is 1. The number of nitrogens with two attached hydrogens (primary N) is 3. The fourth-order valence-corrected chi connectivity index (χ4v) is 3.47. The predicted molar refractivity (Wildman–Crippen MR) is 129 cm³/mol. The molecule has 0 radical (unpaired) electrons. The Balaban J connectivity index is 3.00. The maximum atomic E-state index is 12.9. The van der Waals surface area contributed by atoms with Crippen molar-refractivity contribution in [1.82, 2.24) is 25.9 Å². The molecular formula is C20H32N8O7S. The average molecular weight is 529 g/mol. The van der Waals surface area contributed by atoms with Gasteiger partial charge in [0.25, 0.3) is 0 Å². The van der Waals surface area contributed by atoms with Gasteiger partial charge >= 0.3 is 5.97 Å². The van der Waals surface area contributed by atoms with Gasteiger partial charge < -0.3 is 43.2 Å². The minimum atomic E-state index is -1.46. The molecule has 1 rings (SSSR count). The van der Waals surface area contributed by atoms with Crippen LogP contribution in [0.3, 0.4) is 0 Å². The predicted octanol–water partition coefficient (Wildman–Crippen LogP) is -3.29. The van der Waals surface area contributed by atoms with Gasteiger partial charge in [-0.3, -0.25) is 24.0 Å². The minimum absolute atomic E-state index is 0.133. The van der Waals surface area contributed by atoms with Gasteiger partial charge in [0.05, 0.1) is 18.8 Å². The number of thioether (sulfide) groups is 1. The molecule has 4 unspecified atom stereocenters. The van der Waals surface area contributed by atoms with Crippen LogP contribution in [0, 0.1) is 0 Å². The number of imidazole rings is 1. The summed E-state index contributed by atoms with van der Waals surface area (Å²) < 4.78 is 0. The average Bonchev–Trinajstić information content (AvgIpc) is 3.31. The molecule has 11 N–H and O–H groups in total. The normalized spacial score (nSPS) is 14.1. The molecule has 0 aliphatic heterocycles. The van der Waals surface area contributed by atoms with Gasteiger partial charge in [0, 0.05) is 24.7 Å². The molecule has 0 aromatic carbocycles. The number of rotatable bonds is 17. The van der Waals surface area contributed by atoms with Gasteiger partial charge in [-0.2, -0.15) is 11.8 Å². The smallest absolute Gasteiger partial charge is 0.326 e. The summed E-state index contributed by atoms with van der Waals surface area (Å²) in [6, 6.07) is -5.21. The van der Waals surface area contributed by atoms with Crippen molar-refractivity contribution in [3.63, 3.8) is 0 Å². The highest BCUT2D eigenvalue weighted by molar-refractivity contribution is 7.98. The number of carboxylic acids is 1. The third kappa shape index (κ3) is 11.2. The largest absolute Gasteiger partial charge is 0.480 e. The lowest BCUT2D eigenvalue weighted by molar-refractivity contribution is -0.142. The fourth-order valence-electron chi connectivity index (χ4n) is 2.98. The molecule has 0 aliphatic rings. The standard InChI is InChI=1S/C20H32N8O7S/c1-36-5-4-11(21)17(31)27-13(7-16(23)30)19(33)26-12(2-3-15(22)29)18(32)28-14(20(34)35)6-10-8-24-9-25-10/h8-9,11-14H,2-7,21H2,1H3,(H2,22,29)(H2,23,30)(H,24,25)(H,26,33)(H,27,31)(H,28,32)(H,34,35). The molecule has 1 aromatic heterocycles. The van der Waals surface area contributed by atoms with Crippen LogP contribution < -0.4 is 33.2 Å². The number of carbonyl (C=O) groups is 6.